The molecule has 0 spiro atoms. The molecule has 9 heteroatoms. The zero-order valence-corrected chi connectivity index (χ0v) is 19.3. The Balaban J connectivity index is 0.00000364. The number of carbonyl (C=O) groups excluding carboxylic acids is 1. The van der Waals surface area contributed by atoms with Crippen molar-refractivity contribution in [2.45, 2.75) is 27.2 Å². The minimum absolute atomic E-state index is 0. The summed E-state index contributed by atoms with van der Waals surface area (Å²) < 4.78 is 1.72. The van der Waals surface area contributed by atoms with E-state index >= 15 is 0 Å². The molecule has 1 saturated heterocycles. The fourth-order valence-electron chi connectivity index (χ4n) is 3.14. The van der Waals surface area contributed by atoms with Gasteiger partial charge in [-0.05, 0) is 26.4 Å². The summed E-state index contributed by atoms with van der Waals surface area (Å²) in [6, 6.07) is 0. The topological polar surface area (TPSA) is 69.0 Å². The van der Waals surface area contributed by atoms with Crippen LogP contribution in [0.15, 0.2) is 17.4 Å². The standard InChI is InChI=1S/C18H33N7O.HI/c1-5-9-23(7-3)10-8-20-18(19-6-2)24-11-12-25(17(26)15-24)16-13-21-22(4)14-16;/h13-14H,5-12,15H2,1-4H3,(H,19,20);1H. The minimum atomic E-state index is 0. The third-order valence-electron chi connectivity index (χ3n) is 4.52. The molecule has 0 unspecified atom stereocenters. The summed E-state index contributed by atoms with van der Waals surface area (Å²) in [4.78, 5) is 23.6. The van der Waals surface area contributed by atoms with E-state index in [2.05, 4.69) is 41.0 Å². The molecule has 0 bridgehead atoms. The van der Waals surface area contributed by atoms with E-state index in [0.717, 1.165) is 57.3 Å². The number of aryl methyl sites for hydroxylation is 1. The number of anilines is 1. The molecule has 1 N–H and O–H groups in total. The number of piperazine rings is 1. The van der Waals surface area contributed by atoms with Gasteiger partial charge in [0.1, 0.15) is 6.54 Å². The number of aromatic nitrogens is 2. The van der Waals surface area contributed by atoms with Crippen molar-refractivity contribution in [1.29, 1.82) is 0 Å². The number of hydrogen-bond acceptors (Lipinski definition) is 4. The highest BCUT2D eigenvalue weighted by Crippen LogP contribution is 2.16. The Morgan fingerprint density at radius 3 is 2.63 bits per heavy atom. The SMILES string of the molecule is CCCN(CC)CCN=C(NCC)N1CCN(c2cnn(C)c2)C(=O)C1.I. The molecular weight excluding hydrogens is 457 g/mol. The van der Waals surface area contributed by atoms with Crippen LogP contribution in [0.2, 0.25) is 0 Å². The van der Waals surface area contributed by atoms with Gasteiger partial charge in [0.15, 0.2) is 5.96 Å². The lowest BCUT2D eigenvalue weighted by Gasteiger charge is -2.35. The molecule has 1 fully saturated rings. The van der Waals surface area contributed by atoms with E-state index in [9.17, 15) is 4.79 Å². The van der Waals surface area contributed by atoms with Crippen molar-refractivity contribution in [3.05, 3.63) is 12.4 Å². The van der Waals surface area contributed by atoms with Crippen molar-refractivity contribution in [3.8, 4) is 0 Å². The van der Waals surface area contributed by atoms with Crippen LogP contribution in [0.25, 0.3) is 0 Å². The van der Waals surface area contributed by atoms with E-state index < -0.39 is 0 Å². The zero-order chi connectivity index (χ0) is 18.9. The maximum atomic E-state index is 12.6. The molecule has 1 aliphatic rings. The number of carbonyl (C=O) groups is 1. The second kappa shape index (κ2) is 12.2. The molecule has 0 aromatic carbocycles. The van der Waals surface area contributed by atoms with Gasteiger partial charge in [-0.25, -0.2) is 0 Å². The van der Waals surface area contributed by atoms with Gasteiger partial charge < -0.3 is 20.0 Å². The zero-order valence-electron chi connectivity index (χ0n) is 17.0. The van der Waals surface area contributed by atoms with Gasteiger partial charge in [0, 0.05) is 39.4 Å². The van der Waals surface area contributed by atoms with E-state index in [1.165, 1.54) is 0 Å². The molecule has 0 radical (unpaired) electrons. The van der Waals surface area contributed by atoms with Crippen LogP contribution in [0.3, 0.4) is 0 Å². The number of hydrogen-bond donors (Lipinski definition) is 1. The van der Waals surface area contributed by atoms with E-state index in [1.54, 1.807) is 15.8 Å². The third-order valence-corrected chi connectivity index (χ3v) is 4.52. The van der Waals surface area contributed by atoms with Gasteiger partial charge in [0.2, 0.25) is 5.91 Å². The second-order valence-electron chi connectivity index (χ2n) is 6.51. The Kier molecular flexibility index (Phi) is 10.7. The molecule has 1 aromatic rings. The molecule has 0 aliphatic carbocycles. The maximum absolute atomic E-state index is 12.6. The number of aliphatic imine (C=N–C) groups is 1. The van der Waals surface area contributed by atoms with E-state index in [4.69, 9.17) is 4.99 Å². The Morgan fingerprint density at radius 2 is 2.07 bits per heavy atom. The first-order valence-electron chi connectivity index (χ1n) is 9.63. The van der Waals surface area contributed by atoms with Gasteiger partial charge in [-0.15, -0.1) is 24.0 Å². The summed E-state index contributed by atoms with van der Waals surface area (Å²) in [7, 11) is 1.86. The van der Waals surface area contributed by atoms with Crippen molar-refractivity contribution >= 4 is 41.5 Å². The number of amides is 1. The van der Waals surface area contributed by atoms with Crippen LogP contribution in [-0.4, -0.2) is 83.8 Å². The molecule has 27 heavy (non-hydrogen) atoms. The van der Waals surface area contributed by atoms with Gasteiger partial charge >= 0.3 is 0 Å². The van der Waals surface area contributed by atoms with E-state index in [-0.39, 0.29) is 29.9 Å². The lowest BCUT2D eigenvalue weighted by molar-refractivity contribution is -0.120. The fraction of sp³-hybridized carbons (Fsp3) is 0.722. The van der Waals surface area contributed by atoms with E-state index in [1.807, 2.05) is 13.2 Å². The molecule has 0 atom stereocenters. The van der Waals surface area contributed by atoms with Crippen LogP contribution < -0.4 is 10.2 Å². The maximum Gasteiger partial charge on any atom is 0.246 e. The van der Waals surface area contributed by atoms with Crippen molar-refractivity contribution in [2.24, 2.45) is 12.0 Å². The van der Waals surface area contributed by atoms with Crippen LogP contribution in [-0.2, 0) is 11.8 Å². The first-order valence-corrected chi connectivity index (χ1v) is 9.63. The van der Waals surface area contributed by atoms with E-state index in [0.29, 0.717) is 13.1 Å². The molecule has 1 aliphatic heterocycles. The van der Waals surface area contributed by atoms with Gasteiger partial charge in [-0.3, -0.25) is 14.5 Å². The lowest BCUT2D eigenvalue weighted by Crippen LogP contribution is -2.55. The summed E-state index contributed by atoms with van der Waals surface area (Å²) >= 11 is 0. The highest BCUT2D eigenvalue weighted by molar-refractivity contribution is 14.0. The largest absolute Gasteiger partial charge is 0.357 e. The molecule has 154 valence electrons. The van der Waals surface area contributed by atoms with Crippen LogP contribution in [0.5, 0.6) is 0 Å². The second-order valence-corrected chi connectivity index (χ2v) is 6.51. The molecule has 1 amide bonds. The number of rotatable bonds is 8. The summed E-state index contributed by atoms with van der Waals surface area (Å²) in [5.41, 5.74) is 0.859. The third kappa shape index (κ3) is 6.95. The van der Waals surface area contributed by atoms with Crippen molar-refractivity contribution < 1.29 is 4.79 Å². The highest BCUT2D eigenvalue weighted by atomic mass is 127. The lowest BCUT2D eigenvalue weighted by atomic mass is 10.3. The minimum Gasteiger partial charge on any atom is -0.357 e. The predicted molar refractivity (Wildman–Crippen MR) is 121 cm³/mol. The number of guanidine groups is 1. The number of nitrogens with zero attached hydrogens (tertiary/aromatic N) is 6. The Labute approximate surface area is 180 Å². The van der Waals surface area contributed by atoms with Crippen LogP contribution >= 0.6 is 24.0 Å². The average Bonchev–Trinajstić information content (AvgIpc) is 3.06. The van der Waals surface area contributed by atoms with Gasteiger partial charge in [0.25, 0.3) is 0 Å². The van der Waals surface area contributed by atoms with Gasteiger partial charge in [0.05, 0.1) is 18.4 Å². The summed E-state index contributed by atoms with van der Waals surface area (Å²) in [5, 5.41) is 7.48. The van der Waals surface area contributed by atoms with Crippen LogP contribution in [0.4, 0.5) is 5.69 Å². The van der Waals surface area contributed by atoms with Crippen LogP contribution in [0, 0.1) is 0 Å². The number of likely N-dealkylation sites (N-methyl/N-ethyl adjacent to an activating group) is 1. The molecule has 0 saturated carbocycles. The Bertz CT molecular complexity index is 604. The van der Waals surface area contributed by atoms with Gasteiger partial charge in [-0.2, -0.15) is 5.10 Å². The van der Waals surface area contributed by atoms with Gasteiger partial charge in [-0.1, -0.05) is 13.8 Å². The smallest absolute Gasteiger partial charge is 0.246 e. The monoisotopic (exact) mass is 491 g/mol. The predicted octanol–water partition coefficient (Wildman–Crippen LogP) is 1.38. The fourth-order valence-corrected chi connectivity index (χ4v) is 3.14. The number of halogens is 1. The first-order chi connectivity index (χ1) is 12.6. The summed E-state index contributed by atoms with van der Waals surface area (Å²) in [5.74, 6) is 0.912. The molecule has 8 nitrogen and oxygen atoms in total. The number of nitrogens with one attached hydrogen (secondary N) is 1. The normalized spacial score (nSPS) is 15.3. The Hall–Kier alpha value is -1.36. The summed E-state index contributed by atoms with van der Waals surface area (Å²) in [6.45, 7) is 12.8. The average molecular weight is 491 g/mol. The summed E-state index contributed by atoms with van der Waals surface area (Å²) in [6.07, 6.45) is 4.77. The van der Waals surface area contributed by atoms with Crippen molar-refractivity contribution in [2.75, 3.05) is 57.3 Å². The Morgan fingerprint density at radius 1 is 1.30 bits per heavy atom. The molecule has 2 rings (SSSR count). The highest BCUT2D eigenvalue weighted by Gasteiger charge is 2.27. The van der Waals surface area contributed by atoms with Crippen molar-refractivity contribution in [3.63, 3.8) is 0 Å². The first kappa shape index (κ1) is 23.7. The molecule has 1 aromatic heterocycles. The quantitative estimate of drug-likeness (QED) is 0.338. The molecular formula is C18H34IN7O. The van der Waals surface area contributed by atoms with Crippen molar-refractivity contribution in [1.82, 2.24) is 24.9 Å². The van der Waals surface area contributed by atoms with Crippen LogP contribution in [0.1, 0.15) is 27.2 Å². The molecule has 2 heterocycles.